The molecule has 0 aliphatic carbocycles. The van der Waals surface area contributed by atoms with Crippen molar-refractivity contribution < 1.29 is 9.59 Å². The number of carbonyl (C=O) groups is 2. The molecule has 0 saturated heterocycles. The van der Waals surface area contributed by atoms with Crippen molar-refractivity contribution in [3.05, 3.63) is 114 Å². The third-order valence-corrected chi connectivity index (χ3v) is 15.4. The fraction of sp³-hybridized carbons (Fsp3) is 0.0526. The predicted octanol–water partition coefficient (Wildman–Crippen LogP) is 12.7. The van der Waals surface area contributed by atoms with Gasteiger partial charge in [-0.15, -0.1) is 45.3 Å². The standard InChI is InChI=1S/C38H20O2S6/c1-17-3-10-30(41-17)33-35-36(46-37(33)39)34(38(40)45-35)31-14-13-29(44-31)32-16-26-24-7-5-19-20(22(24)9-12-28(26)43-32)4-6-23-21(19)8-11-27-25(23)15-18(2)42-27/h3-16H,1-2H3. The van der Waals surface area contributed by atoms with Crippen molar-refractivity contribution in [1.29, 1.82) is 0 Å². The van der Waals surface area contributed by atoms with E-state index < -0.39 is 0 Å². The normalized spacial score (nSPS) is 15.3. The van der Waals surface area contributed by atoms with Crippen molar-refractivity contribution in [1.82, 2.24) is 0 Å². The zero-order valence-corrected chi connectivity index (χ0v) is 29.2. The van der Waals surface area contributed by atoms with Crippen LogP contribution in [0, 0.1) is 13.8 Å². The molecule has 6 heterocycles. The van der Waals surface area contributed by atoms with Crippen LogP contribution in [0.15, 0.2) is 94.7 Å². The van der Waals surface area contributed by atoms with Crippen LogP contribution in [0.3, 0.4) is 0 Å². The molecule has 0 N–H and O–H groups in total. The minimum absolute atomic E-state index is 0.0285. The molecule has 2 nitrogen and oxygen atoms in total. The number of carbonyl (C=O) groups excluding carboxylic acids is 2. The first-order valence-electron chi connectivity index (χ1n) is 14.7. The first-order chi connectivity index (χ1) is 22.4. The summed E-state index contributed by atoms with van der Waals surface area (Å²) in [5.41, 5.74) is 1.37. The van der Waals surface area contributed by atoms with Crippen molar-refractivity contribution in [2.24, 2.45) is 0 Å². The Balaban J connectivity index is 1.07. The highest BCUT2D eigenvalue weighted by molar-refractivity contribution is 8.25. The van der Waals surface area contributed by atoms with Crippen LogP contribution in [0.4, 0.5) is 0 Å². The Morgan fingerprint density at radius 1 is 0.391 bits per heavy atom. The molecule has 4 aromatic carbocycles. The highest BCUT2D eigenvalue weighted by Crippen LogP contribution is 2.58. The Hall–Kier alpha value is -3.50. The second-order valence-electron chi connectivity index (χ2n) is 11.6. The third kappa shape index (κ3) is 3.95. The molecular formula is C38H20O2S6. The van der Waals surface area contributed by atoms with Gasteiger partial charge in [0.25, 0.3) is 0 Å². The van der Waals surface area contributed by atoms with E-state index in [4.69, 9.17) is 0 Å². The summed E-state index contributed by atoms with van der Waals surface area (Å²) in [6.45, 7) is 4.22. The van der Waals surface area contributed by atoms with Crippen molar-refractivity contribution in [2.75, 3.05) is 0 Å². The van der Waals surface area contributed by atoms with E-state index in [0.717, 1.165) is 29.3 Å². The van der Waals surface area contributed by atoms with E-state index in [0.29, 0.717) is 11.1 Å². The predicted molar refractivity (Wildman–Crippen MR) is 206 cm³/mol. The van der Waals surface area contributed by atoms with Gasteiger partial charge in [-0.25, -0.2) is 0 Å². The molecule has 0 spiro atoms. The number of hydrogen-bond acceptors (Lipinski definition) is 8. The average molecular weight is 701 g/mol. The van der Waals surface area contributed by atoms with Crippen LogP contribution >= 0.6 is 68.9 Å². The number of aryl methyl sites for hydroxylation is 2. The average Bonchev–Trinajstić information content (AvgIpc) is 3.88. The summed E-state index contributed by atoms with van der Waals surface area (Å²) < 4.78 is 2.59. The van der Waals surface area contributed by atoms with Gasteiger partial charge in [0.2, 0.25) is 10.2 Å². The first-order valence-corrected chi connectivity index (χ1v) is 19.6. The fourth-order valence-electron chi connectivity index (χ4n) is 6.82. The van der Waals surface area contributed by atoms with Crippen molar-refractivity contribution in [2.45, 2.75) is 13.8 Å². The summed E-state index contributed by atoms with van der Waals surface area (Å²) >= 11 is 9.31. The molecular weight excluding hydrogens is 681 g/mol. The number of benzene rings is 4. The zero-order chi connectivity index (χ0) is 30.8. The van der Waals surface area contributed by atoms with Crippen LogP contribution < -0.4 is 0 Å². The molecule has 8 heteroatoms. The molecule has 0 amide bonds. The van der Waals surface area contributed by atoms with Crippen molar-refractivity contribution >= 4 is 143 Å². The van der Waals surface area contributed by atoms with E-state index in [1.54, 1.807) is 34.0 Å². The van der Waals surface area contributed by atoms with Crippen molar-refractivity contribution in [3.63, 3.8) is 0 Å². The molecule has 2 aliphatic rings. The minimum Gasteiger partial charge on any atom is -0.281 e. The third-order valence-electron chi connectivity index (χ3n) is 8.85. The minimum atomic E-state index is 0.0285. The summed E-state index contributed by atoms with van der Waals surface area (Å²) in [6, 6.07) is 31.1. The number of fused-ring (bicyclic) bond motifs is 10. The molecule has 0 atom stereocenters. The second kappa shape index (κ2) is 10.0. The van der Waals surface area contributed by atoms with E-state index >= 15 is 0 Å². The topological polar surface area (TPSA) is 34.1 Å². The monoisotopic (exact) mass is 700 g/mol. The van der Waals surface area contributed by atoms with E-state index in [1.165, 1.54) is 85.8 Å². The van der Waals surface area contributed by atoms with Gasteiger partial charge in [0, 0.05) is 59.2 Å². The molecule has 10 rings (SSSR count). The van der Waals surface area contributed by atoms with E-state index in [2.05, 4.69) is 79.7 Å². The van der Waals surface area contributed by atoms with Gasteiger partial charge in [-0.1, -0.05) is 36.4 Å². The molecule has 0 bridgehead atoms. The van der Waals surface area contributed by atoms with Crippen LogP contribution in [0.25, 0.3) is 73.4 Å². The lowest BCUT2D eigenvalue weighted by Gasteiger charge is -2.09. The van der Waals surface area contributed by atoms with Gasteiger partial charge in [0.05, 0.1) is 11.1 Å². The molecule has 2 aliphatic heterocycles. The Morgan fingerprint density at radius 3 is 1.46 bits per heavy atom. The number of hydrogen-bond donors (Lipinski definition) is 0. The lowest BCUT2D eigenvalue weighted by molar-refractivity contribution is -0.106. The summed E-state index contributed by atoms with van der Waals surface area (Å²) in [4.78, 5) is 34.7. The van der Waals surface area contributed by atoms with Gasteiger partial charge in [0.1, 0.15) is 0 Å². The Kier molecular flexibility index (Phi) is 6.00. The van der Waals surface area contributed by atoms with Gasteiger partial charge in [0.15, 0.2) is 0 Å². The lowest BCUT2D eigenvalue weighted by Crippen LogP contribution is -1.93. The van der Waals surface area contributed by atoms with Crippen LogP contribution in [-0.2, 0) is 9.59 Å². The highest BCUT2D eigenvalue weighted by Gasteiger charge is 2.41. The molecule has 4 aromatic heterocycles. The molecule has 0 radical (unpaired) electrons. The van der Waals surface area contributed by atoms with Crippen molar-refractivity contribution in [3.8, 4) is 9.75 Å². The van der Waals surface area contributed by atoms with Gasteiger partial charge in [-0.2, -0.15) is 0 Å². The van der Waals surface area contributed by atoms with Gasteiger partial charge in [-0.3, -0.25) is 9.59 Å². The Morgan fingerprint density at radius 2 is 0.870 bits per heavy atom. The highest BCUT2D eigenvalue weighted by atomic mass is 32.2. The molecule has 0 fully saturated rings. The SMILES string of the molecule is Cc1ccc(C2=C3SC(=O)C(c4ccc(-c5cc6c(ccc7c6ccc6c8ccc9sc(C)cc9c8ccc76)s5)s4)=C3SC2=O)s1. The van der Waals surface area contributed by atoms with Crippen LogP contribution in [0.2, 0.25) is 0 Å². The van der Waals surface area contributed by atoms with Crippen LogP contribution in [-0.4, -0.2) is 10.2 Å². The fourth-order valence-corrected chi connectivity index (χ4v) is 13.5. The van der Waals surface area contributed by atoms with E-state index in [1.807, 2.05) is 30.4 Å². The van der Waals surface area contributed by atoms with Crippen LogP contribution in [0.5, 0.6) is 0 Å². The van der Waals surface area contributed by atoms with Gasteiger partial charge >= 0.3 is 0 Å². The number of rotatable bonds is 3. The Labute approximate surface area is 288 Å². The summed E-state index contributed by atoms with van der Waals surface area (Å²) in [6.07, 6.45) is 0. The molecule has 0 unspecified atom stereocenters. The molecule has 46 heavy (non-hydrogen) atoms. The largest absolute Gasteiger partial charge is 0.281 e. The number of thioether (sulfide) groups is 2. The van der Waals surface area contributed by atoms with Crippen LogP contribution in [0.1, 0.15) is 19.5 Å². The van der Waals surface area contributed by atoms with E-state index in [9.17, 15) is 9.59 Å². The molecule has 220 valence electrons. The van der Waals surface area contributed by atoms with E-state index in [-0.39, 0.29) is 10.2 Å². The quantitative estimate of drug-likeness (QED) is 0.172. The Bertz CT molecular complexity index is 2760. The maximum atomic E-state index is 13.3. The smallest absolute Gasteiger partial charge is 0.226 e. The summed E-state index contributed by atoms with van der Waals surface area (Å²) in [5, 5.41) is 10.4. The second-order valence-corrected chi connectivity index (χ2v) is 18.3. The maximum Gasteiger partial charge on any atom is 0.226 e. The summed E-state index contributed by atoms with van der Waals surface area (Å²) in [5.74, 6) is 0. The molecule has 0 saturated carbocycles. The van der Waals surface area contributed by atoms with Gasteiger partial charge in [-0.05, 0) is 118 Å². The first kappa shape index (κ1) is 27.6. The lowest BCUT2D eigenvalue weighted by atomic mass is 9.95. The summed E-state index contributed by atoms with van der Waals surface area (Å²) in [7, 11) is 0. The zero-order valence-electron chi connectivity index (χ0n) is 24.3. The maximum absolute atomic E-state index is 13.3. The van der Waals surface area contributed by atoms with Gasteiger partial charge < -0.3 is 0 Å². The molecule has 8 aromatic rings. The number of thiophene rings is 4.